The Hall–Kier alpha value is -1.07. The Morgan fingerprint density at radius 2 is 2.13 bits per heavy atom. The summed E-state index contributed by atoms with van der Waals surface area (Å²) >= 11 is 3.50. The maximum Gasteiger partial charge on any atom is 0.225 e. The molecule has 0 bridgehead atoms. The Kier molecular flexibility index (Phi) is 5.27. The minimum Gasteiger partial charge on any atom is -0.492 e. The van der Waals surface area contributed by atoms with E-state index in [2.05, 4.69) is 21.2 Å². The van der Waals surface area contributed by atoms with Crippen LogP contribution in [0, 0.1) is 12.3 Å². The van der Waals surface area contributed by atoms with E-state index in [9.17, 15) is 4.79 Å². The van der Waals surface area contributed by atoms with Crippen molar-refractivity contribution in [1.82, 2.24) is 10.2 Å². The molecule has 1 amide bonds. The lowest BCUT2D eigenvalue weighted by Gasteiger charge is -2.38. The molecule has 1 aromatic carbocycles. The van der Waals surface area contributed by atoms with Crippen molar-refractivity contribution in [2.45, 2.75) is 32.6 Å². The van der Waals surface area contributed by atoms with Gasteiger partial charge in [-0.25, -0.2) is 0 Å². The molecule has 2 saturated heterocycles. The van der Waals surface area contributed by atoms with Crippen molar-refractivity contribution in [3.63, 3.8) is 0 Å². The molecule has 0 aliphatic carbocycles. The van der Waals surface area contributed by atoms with Crippen LogP contribution in [-0.4, -0.2) is 43.6 Å². The largest absolute Gasteiger partial charge is 0.492 e. The standard InChI is InChI=1S/C18H25BrN2O2/c1-14-2-3-16(15(19)12-14)23-11-4-17(22)21-9-6-18(7-10-21)5-8-20-13-18/h2-3,12,20H,4-11,13H2,1H3. The SMILES string of the molecule is Cc1ccc(OCCC(=O)N2CCC3(CCNC3)CC2)c(Br)c1. The Bertz CT molecular complexity index is 560. The van der Waals surface area contributed by atoms with Crippen LogP contribution in [0.1, 0.15) is 31.2 Å². The minimum atomic E-state index is 0.217. The zero-order valence-corrected chi connectivity index (χ0v) is 15.3. The molecule has 2 heterocycles. The minimum absolute atomic E-state index is 0.217. The van der Waals surface area contributed by atoms with Crippen LogP contribution in [0.3, 0.4) is 0 Å². The highest BCUT2D eigenvalue weighted by atomic mass is 79.9. The summed E-state index contributed by atoms with van der Waals surface area (Å²) in [6, 6.07) is 5.99. The average molecular weight is 381 g/mol. The number of carbonyl (C=O) groups excluding carboxylic acids is 1. The highest BCUT2D eigenvalue weighted by molar-refractivity contribution is 9.10. The number of amides is 1. The summed E-state index contributed by atoms with van der Waals surface area (Å²) in [4.78, 5) is 14.4. The fourth-order valence-electron chi connectivity index (χ4n) is 3.58. The molecule has 0 atom stereocenters. The molecule has 0 saturated carbocycles. The van der Waals surface area contributed by atoms with E-state index < -0.39 is 0 Å². The number of ether oxygens (including phenoxy) is 1. The van der Waals surface area contributed by atoms with Crippen LogP contribution >= 0.6 is 15.9 Å². The van der Waals surface area contributed by atoms with Crippen LogP contribution < -0.4 is 10.1 Å². The second-order valence-corrected chi connectivity index (χ2v) is 7.69. The molecule has 0 aromatic heterocycles. The van der Waals surface area contributed by atoms with Gasteiger partial charge in [0, 0.05) is 19.6 Å². The van der Waals surface area contributed by atoms with Gasteiger partial charge in [0.2, 0.25) is 5.91 Å². The summed E-state index contributed by atoms with van der Waals surface area (Å²) < 4.78 is 6.69. The third-order valence-corrected chi connectivity index (χ3v) is 5.79. The second-order valence-electron chi connectivity index (χ2n) is 6.84. The van der Waals surface area contributed by atoms with E-state index in [0.29, 0.717) is 18.4 Å². The Morgan fingerprint density at radius 3 is 2.78 bits per heavy atom. The van der Waals surface area contributed by atoms with Crippen molar-refractivity contribution in [2.75, 3.05) is 32.8 Å². The third-order valence-electron chi connectivity index (χ3n) is 5.17. The van der Waals surface area contributed by atoms with Crippen molar-refractivity contribution in [3.8, 4) is 5.75 Å². The Balaban J connectivity index is 1.43. The Morgan fingerprint density at radius 1 is 1.35 bits per heavy atom. The summed E-state index contributed by atoms with van der Waals surface area (Å²) in [7, 11) is 0. The Labute approximate surface area is 146 Å². The summed E-state index contributed by atoms with van der Waals surface area (Å²) in [5.74, 6) is 1.02. The first-order valence-electron chi connectivity index (χ1n) is 8.45. The maximum absolute atomic E-state index is 12.3. The number of rotatable bonds is 4. The molecule has 126 valence electrons. The molecule has 1 spiro atoms. The number of piperidine rings is 1. The molecule has 5 heteroatoms. The zero-order chi connectivity index (χ0) is 16.3. The van der Waals surface area contributed by atoms with Crippen LogP contribution in [0.2, 0.25) is 0 Å². The summed E-state index contributed by atoms with van der Waals surface area (Å²) in [5.41, 5.74) is 1.64. The first-order chi connectivity index (χ1) is 11.1. The summed E-state index contributed by atoms with van der Waals surface area (Å²) in [5, 5.41) is 3.46. The average Bonchev–Trinajstić information content (AvgIpc) is 2.98. The number of hydrogen-bond donors (Lipinski definition) is 1. The predicted octanol–water partition coefficient (Wildman–Crippen LogP) is 3.13. The van der Waals surface area contributed by atoms with Crippen LogP contribution in [0.15, 0.2) is 22.7 Å². The first-order valence-corrected chi connectivity index (χ1v) is 9.25. The predicted molar refractivity (Wildman–Crippen MR) is 94.7 cm³/mol. The van der Waals surface area contributed by atoms with E-state index in [1.165, 1.54) is 12.0 Å². The number of hydrogen-bond acceptors (Lipinski definition) is 3. The van der Waals surface area contributed by atoms with Gasteiger partial charge < -0.3 is 15.0 Å². The van der Waals surface area contributed by atoms with Crippen molar-refractivity contribution in [3.05, 3.63) is 28.2 Å². The van der Waals surface area contributed by atoms with Crippen LogP contribution in [-0.2, 0) is 4.79 Å². The molecule has 1 aromatic rings. The fourth-order valence-corrected chi connectivity index (χ4v) is 4.19. The van der Waals surface area contributed by atoms with E-state index in [1.807, 2.05) is 30.0 Å². The topological polar surface area (TPSA) is 41.6 Å². The number of benzene rings is 1. The van der Waals surface area contributed by atoms with Gasteiger partial charge in [-0.2, -0.15) is 0 Å². The first kappa shape index (κ1) is 16.8. The van der Waals surface area contributed by atoms with Gasteiger partial charge in [-0.3, -0.25) is 4.79 Å². The quantitative estimate of drug-likeness (QED) is 0.872. The van der Waals surface area contributed by atoms with E-state index >= 15 is 0 Å². The van der Waals surface area contributed by atoms with Gasteiger partial charge in [0.15, 0.2) is 0 Å². The molecule has 0 radical (unpaired) electrons. The molecule has 3 rings (SSSR count). The molecule has 2 aliphatic heterocycles. The summed E-state index contributed by atoms with van der Waals surface area (Å²) in [6.45, 7) is 6.53. The van der Waals surface area contributed by atoms with Gasteiger partial charge in [-0.15, -0.1) is 0 Å². The maximum atomic E-state index is 12.3. The molecule has 4 nitrogen and oxygen atoms in total. The fraction of sp³-hybridized carbons (Fsp3) is 0.611. The van der Waals surface area contributed by atoms with Gasteiger partial charge in [0.25, 0.3) is 0 Å². The molecule has 1 N–H and O–H groups in total. The van der Waals surface area contributed by atoms with E-state index in [1.54, 1.807) is 0 Å². The number of carbonyl (C=O) groups is 1. The van der Waals surface area contributed by atoms with E-state index in [0.717, 1.165) is 49.2 Å². The van der Waals surface area contributed by atoms with E-state index in [4.69, 9.17) is 4.74 Å². The van der Waals surface area contributed by atoms with Crippen LogP contribution in [0.25, 0.3) is 0 Å². The molecule has 0 unspecified atom stereocenters. The molecule has 23 heavy (non-hydrogen) atoms. The lowest BCUT2D eigenvalue weighted by molar-refractivity contribution is -0.133. The number of halogens is 1. The van der Waals surface area contributed by atoms with Gasteiger partial charge in [0.05, 0.1) is 17.5 Å². The van der Waals surface area contributed by atoms with Crippen LogP contribution in [0.4, 0.5) is 0 Å². The molecule has 2 aliphatic rings. The van der Waals surface area contributed by atoms with Crippen molar-refractivity contribution in [1.29, 1.82) is 0 Å². The number of nitrogens with one attached hydrogen (secondary N) is 1. The number of nitrogens with zero attached hydrogens (tertiary/aromatic N) is 1. The lowest BCUT2D eigenvalue weighted by Crippen LogP contribution is -2.44. The highest BCUT2D eigenvalue weighted by Gasteiger charge is 2.37. The van der Waals surface area contributed by atoms with Crippen molar-refractivity contribution in [2.24, 2.45) is 5.41 Å². The molecular formula is C18H25BrN2O2. The van der Waals surface area contributed by atoms with Gasteiger partial charge in [-0.05, 0) is 71.8 Å². The van der Waals surface area contributed by atoms with Gasteiger partial charge in [-0.1, -0.05) is 6.07 Å². The zero-order valence-electron chi connectivity index (χ0n) is 13.7. The lowest BCUT2D eigenvalue weighted by atomic mass is 9.78. The monoisotopic (exact) mass is 380 g/mol. The third kappa shape index (κ3) is 4.07. The number of aryl methyl sites for hydroxylation is 1. The molecular weight excluding hydrogens is 356 g/mol. The van der Waals surface area contributed by atoms with Crippen LogP contribution in [0.5, 0.6) is 5.75 Å². The van der Waals surface area contributed by atoms with Gasteiger partial charge in [0.1, 0.15) is 5.75 Å². The second kappa shape index (κ2) is 7.22. The van der Waals surface area contributed by atoms with Crippen molar-refractivity contribution >= 4 is 21.8 Å². The van der Waals surface area contributed by atoms with Gasteiger partial charge >= 0.3 is 0 Å². The summed E-state index contributed by atoms with van der Waals surface area (Å²) in [6.07, 6.45) is 3.98. The number of likely N-dealkylation sites (tertiary alicyclic amines) is 1. The smallest absolute Gasteiger partial charge is 0.225 e. The normalized spacial score (nSPS) is 20.0. The van der Waals surface area contributed by atoms with Crippen molar-refractivity contribution < 1.29 is 9.53 Å². The highest BCUT2D eigenvalue weighted by Crippen LogP contribution is 2.37. The van der Waals surface area contributed by atoms with E-state index in [-0.39, 0.29) is 5.91 Å². The molecule has 2 fully saturated rings.